The van der Waals surface area contributed by atoms with Crippen LogP contribution < -0.4 is 0 Å². The van der Waals surface area contributed by atoms with Crippen molar-refractivity contribution in [3.63, 3.8) is 0 Å². The van der Waals surface area contributed by atoms with Gasteiger partial charge < -0.3 is 9.52 Å². The molecule has 3 atom stereocenters. The van der Waals surface area contributed by atoms with Crippen LogP contribution in [-0.2, 0) is 4.79 Å². The molecule has 0 unspecified atom stereocenters. The maximum absolute atomic E-state index is 12.5. The van der Waals surface area contributed by atoms with Crippen molar-refractivity contribution in [3.05, 3.63) is 35.3 Å². The van der Waals surface area contributed by atoms with Gasteiger partial charge in [0.2, 0.25) is 0 Å². The molecular formula is C14H14O4. The Labute approximate surface area is 104 Å². The van der Waals surface area contributed by atoms with Gasteiger partial charge in [-0.1, -0.05) is 13.0 Å². The molecule has 4 heteroatoms. The van der Waals surface area contributed by atoms with Gasteiger partial charge in [0.25, 0.3) is 0 Å². The molecule has 1 aromatic rings. The Morgan fingerprint density at radius 2 is 2.17 bits per heavy atom. The summed E-state index contributed by atoms with van der Waals surface area (Å²) in [5.41, 5.74) is 0.425. The summed E-state index contributed by atoms with van der Waals surface area (Å²) in [6.07, 6.45) is 3.86. The first-order valence-electron chi connectivity index (χ1n) is 5.97. The number of aliphatic hydroxyl groups is 1. The number of aryl methyl sites for hydroxylation is 1. The minimum absolute atomic E-state index is 0.0670. The lowest BCUT2D eigenvalue weighted by molar-refractivity contribution is -0.117. The standard InChI is InChI=1S/C14H14O4/c1-7-6-18-12-10(7)11(16)9-5-8(15)3-4-14(9,2)13(12)17/h3-4,6,9,13,17H,5H2,1-2H3/t9-,13+,14-/m1/s1. The summed E-state index contributed by atoms with van der Waals surface area (Å²) in [4.78, 5) is 24.0. The van der Waals surface area contributed by atoms with Crippen LogP contribution in [0.25, 0.3) is 0 Å². The molecule has 1 heterocycles. The van der Waals surface area contributed by atoms with Crippen LogP contribution in [0.5, 0.6) is 0 Å². The second-order valence-electron chi connectivity index (χ2n) is 5.35. The molecule has 3 rings (SSSR count). The zero-order chi connectivity index (χ0) is 13.1. The topological polar surface area (TPSA) is 67.5 Å². The molecule has 0 amide bonds. The lowest BCUT2D eigenvalue weighted by Gasteiger charge is -2.42. The van der Waals surface area contributed by atoms with Crippen LogP contribution in [-0.4, -0.2) is 16.7 Å². The Kier molecular flexibility index (Phi) is 2.17. The van der Waals surface area contributed by atoms with E-state index < -0.39 is 17.4 Å². The summed E-state index contributed by atoms with van der Waals surface area (Å²) in [7, 11) is 0. The number of hydrogen-bond acceptors (Lipinski definition) is 4. The molecule has 0 saturated heterocycles. The van der Waals surface area contributed by atoms with E-state index >= 15 is 0 Å². The van der Waals surface area contributed by atoms with Gasteiger partial charge in [-0.2, -0.15) is 0 Å². The maximum atomic E-state index is 12.5. The molecule has 1 aromatic heterocycles. The maximum Gasteiger partial charge on any atom is 0.171 e. The van der Waals surface area contributed by atoms with E-state index in [9.17, 15) is 14.7 Å². The van der Waals surface area contributed by atoms with Gasteiger partial charge >= 0.3 is 0 Å². The fourth-order valence-electron chi connectivity index (χ4n) is 2.97. The predicted molar refractivity (Wildman–Crippen MR) is 63.1 cm³/mol. The second kappa shape index (κ2) is 3.42. The molecule has 4 nitrogen and oxygen atoms in total. The van der Waals surface area contributed by atoms with E-state index in [4.69, 9.17) is 4.42 Å². The molecule has 0 radical (unpaired) electrons. The zero-order valence-electron chi connectivity index (χ0n) is 10.3. The number of fused-ring (bicyclic) bond motifs is 2. The van der Waals surface area contributed by atoms with Crippen LogP contribution in [0.15, 0.2) is 22.8 Å². The molecule has 0 saturated carbocycles. The summed E-state index contributed by atoms with van der Waals surface area (Å²) in [5.74, 6) is -0.326. The van der Waals surface area contributed by atoms with Crippen LogP contribution in [0.1, 0.15) is 41.1 Å². The number of furan rings is 1. The van der Waals surface area contributed by atoms with Crippen molar-refractivity contribution in [2.45, 2.75) is 26.4 Å². The van der Waals surface area contributed by atoms with Crippen molar-refractivity contribution in [2.24, 2.45) is 11.3 Å². The molecule has 0 aromatic carbocycles. The van der Waals surface area contributed by atoms with E-state index in [2.05, 4.69) is 0 Å². The summed E-state index contributed by atoms with van der Waals surface area (Å²) in [5, 5.41) is 10.4. The van der Waals surface area contributed by atoms with Gasteiger partial charge in [-0.3, -0.25) is 9.59 Å². The number of aliphatic hydroxyl groups excluding tert-OH is 1. The molecule has 0 bridgehead atoms. The third kappa shape index (κ3) is 1.24. The number of carbonyl (C=O) groups is 2. The van der Waals surface area contributed by atoms with E-state index in [1.807, 2.05) is 0 Å². The van der Waals surface area contributed by atoms with Gasteiger partial charge in [0.05, 0.1) is 11.8 Å². The zero-order valence-corrected chi connectivity index (χ0v) is 10.3. The molecule has 1 N–H and O–H groups in total. The first-order chi connectivity index (χ1) is 8.45. The van der Waals surface area contributed by atoms with Crippen LogP contribution in [0.2, 0.25) is 0 Å². The van der Waals surface area contributed by atoms with Gasteiger partial charge in [0.15, 0.2) is 11.6 Å². The Hall–Kier alpha value is -1.68. The summed E-state index contributed by atoms with van der Waals surface area (Å²) >= 11 is 0. The summed E-state index contributed by atoms with van der Waals surface area (Å²) in [6, 6.07) is 0. The highest BCUT2D eigenvalue weighted by Crippen LogP contribution is 2.52. The molecule has 18 heavy (non-hydrogen) atoms. The number of hydrogen-bond donors (Lipinski definition) is 1. The van der Waals surface area contributed by atoms with Crippen LogP contribution in [0, 0.1) is 18.3 Å². The van der Waals surface area contributed by atoms with Crippen molar-refractivity contribution in [3.8, 4) is 0 Å². The highest BCUT2D eigenvalue weighted by Gasteiger charge is 2.53. The largest absolute Gasteiger partial charge is 0.465 e. The lowest BCUT2D eigenvalue weighted by Crippen LogP contribution is -2.44. The van der Waals surface area contributed by atoms with E-state index in [1.165, 1.54) is 12.3 Å². The van der Waals surface area contributed by atoms with Crippen LogP contribution >= 0.6 is 0 Å². The van der Waals surface area contributed by atoms with Crippen molar-refractivity contribution in [1.29, 1.82) is 0 Å². The van der Waals surface area contributed by atoms with Crippen LogP contribution in [0.4, 0.5) is 0 Å². The van der Waals surface area contributed by atoms with Crippen molar-refractivity contribution >= 4 is 11.6 Å². The first kappa shape index (κ1) is 11.4. The fraction of sp³-hybridized carbons (Fsp3) is 0.429. The SMILES string of the molecule is Cc1coc2c1C(=O)[C@H]1CC(=O)C=C[C@@]1(C)[C@H]2O. The average Bonchev–Trinajstić information content (AvgIpc) is 2.71. The summed E-state index contributed by atoms with van der Waals surface area (Å²) < 4.78 is 5.32. The monoisotopic (exact) mass is 246 g/mol. The fourth-order valence-corrected chi connectivity index (χ4v) is 2.97. The Balaban J connectivity index is 2.23. The van der Waals surface area contributed by atoms with Crippen molar-refractivity contribution in [2.75, 3.05) is 0 Å². The molecule has 2 aliphatic carbocycles. The first-order valence-corrected chi connectivity index (χ1v) is 5.97. The predicted octanol–water partition coefficient (Wildman–Crippen LogP) is 1.97. The minimum Gasteiger partial charge on any atom is -0.465 e. The van der Waals surface area contributed by atoms with Crippen molar-refractivity contribution in [1.82, 2.24) is 0 Å². The molecule has 0 aliphatic heterocycles. The third-order valence-corrected chi connectivity index (χ3v) is 4.19. The Morgan fingerprint density at radius 3 is 2.89 bits per heavy atom. The van der Waals surface area contributed by atoms with Gasteiger partial charge in [-0.25, -0.2) is 0 Å². The van der Waals surface area contributed by atoms with Gasteiger partial charge in [-0.15, -0.1) is 0 Å². The van der Waals surface area contributed by atoms with Gasteiger partial charge in [-0.05, 0) is 18.6 Å². The van der Waals surface area contributed by atoms with Gasteiger partial charge in [0.1, 0.15) is 11.9 Å². The van der Waals surface area contributed by atoms with Gasteiger partial charge in [0, 0.05) is 17.8 Å². The Morgan fingerprint density at radius 1 is 1.44 bits per heavy atom. The van der Waals surface area contributed by atoms with Crippen molar-refractivity contribution < 1.29 is 19.1 Å². The highest BCUT2D eigenvalue weighted by molar-refractivity contribution is 6.06. The normalized spacial score (nSPS) is 34.4. The molecular weight excluding hydrogens is 232 g/mol. The lowest BCUT2D eigenvalue weighted by atomic mass is 9.61. The quantitative estimate of drug-likeness (QED) is 0.760. The summed E-state index contributed by atoms with van der Waals surface area (Å²) in [6.45, 7) is 3.57. The van der Waals surface area contributed by atoms with E-state index in [-0.39, 0.29) is 18.0 Å². The van der Waals surface area contributed by atoms with E-state index in [0.717, 1.165) is 5.56 Å². The highest BCUT2D eigenvalue weighted by atomic mass is 16.4. The van der Waals surface area contributed by atoms with Crippen LogP contribution in [0.3, 0.4) is 0 Å². The number of carbonyl (C=O) groups excluding carboxylic acids is 2. The average molecular weight is 246 g/mol. The molecule has 94 valence electrons. The molecule has 2 aliphatic rings. The third-order valence-electron chi connectivity index (χ3n) is 4.19. The minimum atomic E-state index is -0.881. The smallest absolute Gasteiger partial charge is 0.171 e. The van der Waals surface area contributed by atoms with E-state index in [1.54, 1.807) is 19.9 Å². The van der Waals surface area contributed by atoms with E-state index in [0.29, 0.717) is 11.3 Å². The number of rotatable bonds is 0. The number of allylic oxidation sites excluding steroid dienone is 1. The Bertz CT molecular complexity index is 581. The molecule has 0 fully saturated rings. The number of ketones is 2. The second-order valence-corrected chi connectivity index (χ2v) is 5.35. The number of Topliss-reactive ketones (excluding diaryl/α,β-unsaturated/α-hetero) is 1. The molecule has 0 spiro atoms.